The fourth-order valence-corrected chi connectivity index (χ4v) is 3.32. The number of aliphatic hydroxyl groups is 1. The number of hydrogen-bond acceptors (Lipinski definition) is 4. The Kier molecular flexibility index (Phi) is 4.87. The standard InChI is InChI=1S/C20H19BrN2O3/c1-22(2)15-10-6-12(7-11-15)17-16(19(25)20(26)23(17)3)18(24)13-4-8-14(21)9-5-13/h4-11,17,24H,1-3H3. The van der Waals surface area contributed by atoms with Crippen molar-refractivity contribution in [2.24, 2.45) is 0 Å². The molecule has 1 N–H and O–H groups in total. The number of aliphatic hydroxyl groups excluding tert-OH is 1. The highest BCUT2D eigenvalue weighted by molar-refractivity contribution is 9.10. The molecule has 0 bridgehead atoms. The van der Waals surface area contributed by atoms with Crippen LogP contribution in [0.3, 0.4) is 0 Å². The predicted molar refractivity (Wildman–Crippen MR) is 105 cm³/mol. The molecule has 0 aliphatic carbocycles. The van der Waals surface area contributed by atoms with Crippen LogP contribution in [0.25, 0.3) is 5.76 Å². The highest BCUT2D eigenvalue weighted by Gasteiger charge is 2.44. The fraction of sp³-hybridized carbons (Fsp3) is 0.200. The number of likely N-dealkylation sites (tertiary alicyclic amines) is 1. The first-order chi connectivity index (χ1) is 12.3. The van der Waals surface area contributed by atoms with Crippen LogP contribution in [0.5, 0.6) is 0 Å². The molecule has 26 heavy (non-hydrogen) atoms. The maximum atomic E-state index is 12.5. The quantitative estimate of drug-likeness (QED) is 0.473. The van der Waals surface area contributed by atoms with E-state index in [1.807, 2.05) is 43.3 Å². The first-order valence-corrected chi connectivity index (χ1v) is 8.88. The maximum Gasteiger partial charge on any atom is 0.295 e. The summed E-state index contributed by atoms with van der Waals surface area (Å²) in [5, 5.41) is 10.7. The molecule has 1 unspecified atom stereocenters. The van der Waals surface area contributed by atoms with Crippen molar-refractivity contribution in [3.8, 4) is 0 Å². The average Bonchev–Trinajstić information content (AvgIpc) is 2.86. The number of anilines is 1. The molecule has 2 aromatic rings. The van der Waals surface area contributed by atoms with E-state index >= 15 is 0 Å². The lowest BCUT2D eigenvalue weighted by atomic mass is 9.95. The van der Waals surface area contributed by atoms with Gasteiger partial charge in [0.25, 0.3) is 11.7 Å². The Hall–Kier alpha value is -2.60. The number of halogens is 1. The zero-order valence-corrected chi connectivity index (χ0v) is 16.3. The number of likely N-dealkylation sites (N-methyl/N-ethyl adjacent to an activating group) is 1. The number of hydrogen-bond donors (Lipinski definition) is 1. The van der Waals surface area contributed by atoms with Crippen LogP contribution in [-0.4, -0.2) is 42.8 Å². The predicted octanol–water partition coefficient (Wildman–Crippen LogP) is 3.57. The van der Waals surface area contributed by atoms with Gasteiger partial charge in [0.2, 0.25) is 0 Å². The van der Waals surface area contributed by atoms with E-state index < -0.39 is 17.7 Å². The van der Waals surface area contributed by atoms with Gasteiger partial charge >= 0.3 is 0 Å². The number of carbonyl (C=O) groups excluding carboxylic acids is 2. The Morgan fingerprint density at radius 1 is 1.04 bits per heavy atom. The molecule has 1 atom stereocenters. The van der Waals surface area contributed by atoms with Crippen molar-refractivity contribution >= 4 is 39.1 Å². The summed E-state index contributed by atoms with van der Waals surface area (Å²) in [6.07, 6.45) is 0. The van der Waals surface area contributed by atoms with Gasteiger partial charge in [-0.15, -0.1) is 0 Å². The molecule has 0 aromatic heterocycles. The van der Waals surface area contributed by atoms with Gasteiger partial charge in [0.05, 0.1) is 11.6 Å². The van der Waals surface area contributed by atoms with E-state index in [2.05, 4.69) is 15.9 Å². The van der Waals surface area contributed by atoms with Gasteiger partial charge in [0.1, 0.15) is 5.76 Å². The van der Waals surface area contributed by atoms with E-state index in [1.54, 1.807) is 31.3 Å². The smallest absolute Gasteiger partial charge is 0.295 e. The maximum absolute atomic E-state index is 12.5. The summed E-state index contributed by atoms with van der Waals surface area (Å²) >= 11 is 3.35. The van der Waals surface area contributed by atoms with Gasteiger partial charge in [-0.1, -0.05) is 40.2 Å². The molecule has 6 heteroatoms. The lowest BCUT2D eigenvalue weighted by molar-refractivity contribution is -0.139. The molecule has 2 aromatic carbocycles. The molecule has 3 rings (SSSR count). The Balaban J connectivity index is 2.11. The summed E-state index contributed by atoms with van der Waals surface area (Å²) in [6, 6.07) is 13.9. The van der Waals surface area contributed by atoms with E-state index in [9.17, 15) is 14.7 Å². The van der Waals surface area contributed by atoms with Crippen molar-refractivity contribution in [1.82, 2.24) is 4.90 Å². The second kappa shape index (κ2) is 6.96. The summed E-state index contributed by atoms with van der Waals surface area (Å²) in [7, 11) is 5.45. The summed E-state index contributed by atoms with van der Waals surface area (Å²) in [5.74, 6) is -1.46. The number of carbonyl (C=O) groups is 2. The molecule has 0 spiro atoms. The highest BCUT2D eigenvalue weighted by atomic mass is 79.9. The average molecular weight is 415 g/mol. The molecule has 0 saturated carbocycles. The normalized spacial score (nSPS) is 19.1. The summed E-state index contributed by atoms with van der Waals surface area (Å²) < 4.78 is 0.862. The van der Waals surface area contributed by atoms with Gasteiger partial charge in [-0.25, -0.2) is 0 Å². The van der Waals surface area contributed by atoms with Crippen LogP contribution in [0.15, 0.2) is 58.6 Å². The van der Waals surface area contributed by atoms with Crippen LogP contribution >= 0.6 is 15.9 Å². The summed E-state index contributed by atoms with van der Waals surface area (Å²) in [6.45, 7) is 0. The van der Waals surface area contributed by atoms with Crippen LogP contribution in [0.2, 0.25) is 0 Å². The summed E-state index contributed by atoms with van der Waals surface area (Å²) in [4.78, 5) is 28.1. The van der Waals surface area contributed by atoms with Crippen molar-refractivity contribution in [2.45, 2.75) is 6.04 Å². The molecule has 1 aliphatic rings. The number of nitrogens with zero attached hydrogens (tertiary/aromatic N) is 2. The van der Waals surface area contributed by atoms with E-state index in [0.29, 0.717) is 5.56 Å². The Morgan fingerprint density at radius 3 is 2.15 bits per heavy atom. The molecule has 0 radical (unpaired) electrons. The largest absolute Gasteiger partial charge is 0.507 e. The monoisotopic (exact) mass is 414 g/mol. The van der Waals surface area contributed by atoms with Crippen molar-refractivity contribution in [3.63, 3.8) is 0 Å². The van der Waals surface area contributed by atoms with Crippen molar-refractivity contribution in [3.05, 3.63) is 69.7 Å². The molecule has 1 amide bonds. The van der Waals surface area contributed by atoms with Gasteiger partial charge in [0, 0.05) is 36.9 Å². The third-order valence-corrected chi connectivity index (χ3v) is 5.05. The fourth-order valence-electron chi connectivity index (χ4n) is 3.06. The van der Waals surface area contributed by atoms with Crippen LogP contribution in [0, 0.1) is 0 Å². The summed E-state index contributed by atoms with van der Waals surface area (Å²) in [5.41, 5.74) is 2.39. The number of Topliss-reactive ketones (excluding diaryl/α,β-unsaturated/α-hetero) is 1. The highest BCUT2D eigenvalue weighted by Crippen LogP contribution is 2.38. The molecule has 1 fully saturated rings. The number of ketones is 1. The SMILES string of the molecule is CN(C)c1ccc(C2C(=C(O)c3ccc(Br)cc3)C(=O)C(=O)N2C)cc1. The van der Waals surface area contributed by atoms with Gasteiger partial charge < -0.3 is 14.9 Å². The lowest BCUT2D eigenvalue weighted by Gasteiger charge is -2.22. The Morgan fingerprint density at radius 2 is 1.62 bits per heavy atom. The van der Waals surface area contributed by atoms with Crippen molar-refractivity contribution in [1.29, 1.82) is 0 Å². The molecule has 134 valence electrons. The zero-order valence-electron chi connectivity index (χ0n) is 14.7. The molecule has 1 heterocycles. The zero-order chi connectivity index (χ0) is 19.0. The molecular formula is C20H19BrN2O3. The van der Waals surface area contributed by atoms with E-state index in [-0.39, 0.29) is 11.3 Å². The minimum atomic E-state index is -0.672. The van der Waals surface area contributed by atoms with Crippen LogP contribution < -0.4 is 4.90 Å². The van der Waals surface area contributed by atoms with Crippen LogP contribution in [-0.2, 0) is 9.59 Å². The minimum absolute atomic E-state index is 0.109. The molecule has 1 aliphatic heterocycles. The molecular weight excluding hydrogens is 396 g/mol. The van der Waals surface area contributed by atoms with Crippen LogP contribution in [0.4, 0.5) is 5.69 Å². The molecule has 1 saturated heterocycles. The van der Waals surface area contributed by atoms with Crippen molar-refractivity contribution < 1.29 is 14.7 Å². The first-order valence-electron chi connectivity index (χ1n) is 8.09. The second-order valence-corrected chi connectivity index (χ2v) is 7.32. The van der Waals surface area contributed by atoms with Crippen LogP contribution in [0.1, 0.15) is 17.2 Å². The van der Waals surface area contributed by atoms with Gasteiger partial charge in [-0.2, -0.15) is 0 Å². The Bertz CT molecular complexity index is 886. The molecule has 5 nitrogen and oxygen atoms in total. The van der Waals surface area contributed by atoms with Gasteiger partial charge in [-0.3, -0.25) is 9.59 Å². The van der Waals surface area contributed by atoms with Gasteiger partial charge in [-0.05, 0) is 29.8 Å². The van der Waals surface area contributed by atoms with Crippen molar-refractivity contribution in [2.75, 3.05) is 26.0 Å². The van der Waals surface area contributed by atoms with E-state index in [4.69, 9.17) is 0 Å². The van der Waals surface area contributed by atoms with Gasteiger partial charge in [0.15, 0.2) is 0 Å². The Labute approximate surface area is 160 Å². The first kappa shape index (κ1) is 18.2. The minimum Gasteiger partial charge on any atom is -0.507 e. The van der Waals surface area contributed by atoms with E-state index in [0.717, 1.165) is 15.7 Å². The topological polar surface area (TPSA) is 60.9 Å². The number of amides is 1. The number of benzene rings is 2. The second-order valence-electron chi connectivity index (χ2n) is 6.40. The third-order valence-electron chi connectivity index (χ3n) is 4.52. The third kappa shape index (κ3) is 3.12. The number of rotatable bonds is 3. The lowest BCUT2D eigenvalue weighted by Crippen LogP contribution is -2.24. The van der Waals surface area contributed by atoms with E-state index in [1.165, 1.54) is 4.90 Å².